The summed E-state index contributed by atoms with van der Waals surface area (Å²) < 4.78 is 9.59. The van der Waals surface area contributed by atoms with Crippen LogP contribution in [-0.4, -0.2) is 38.7 Å². The van der Waals surface area contributed by atoms with Crippen LogP contribution in [-0.2, 0) is 14.3 Å². The molecule has 1 rings (SSSR count). The Balaban J connectivity index is 2.38. The van der Waals surface area contributed by atoms with E-state index in [0.29, 0.717) is 18.2 Å². The summed E-state index contributed by atoms with van der Waals surface area (Å²) in [6, 6.07) is 6.49. The monoisotopic (exact) mass is 271 g/mol. The van der Waals surface area contributed by atoms with Crippen LogP contribution in [0.25, 0.3) is 0 Å². The number of ether oxygens (including phenoxy) is 2. The van der Waals surface area contributed by atoms with Gasteiger partial charge < -0.3 is 14.8 Å². The van der Waals surface area contributed by atoms with E-state index in [0.717, 1.165) is 0 Å². The molecule has 0 saturated carbocycles. The molecule has 98 valence electrons. The van der Waals surface area contributed by atoms with E-state index in [4.69, 9.17) is 21.1 Å². The predicted molar refractivity (Wildman–Crippen MR) is 66.6 cm³/mol. The molecule has 0 aliphatic carbocycles. The van der Waals surface area contributed by atoms with Crippen LogP contribution in [0.4, 0.5) is 0 Å². The number of nitrogens with one attached hydrogen (secondary N) is 1. The van der Waals surface area contributed by atoms with Crippen molar-refractivity contribution in [3.8, 4) is 0 Å². The Kier molecular flexibility index (Phi) is 6.18. The topological polar surface area (TPSA) is 64.6 Å². The molecule has 0 radical (unpaired) electrons. The van der Waals surface area contributed by atoms with E-state index in [9.17, 15) is 9.59 Å². The fourth-order valence-corrected chi connectivity index (χ4v) is 1.39. The third-order valence-electron chi connectivity index (χ3n) is 2.06. The van der Waals surface area contributed by atoms with E-state index in [1.165, 1.54) is 13.2 Å². The smallest absolute Gasteiger partial charge is 0.340 e. The van der Waals surface area contributed by atoms with E-state index in [2.05, 4.69) is 5.32 Å². The van der Waals surface area contributed by atoms with Crippen molar-refractivity contribution in [1.82, 2.24) is 5.32 Å². The van der Waals surface area contributed by atoms with Gasteiger partial charge in [-0.1, -0.05) is 23.7 Å². The first-order chi connectivity index (χ1) is 8.65. The number of hydrogen-bond donors (Lipinski definition) is 1. The molecule has 0 aliphatic rings. The van der Waals surface area contributed by atoms with Crippen LogP contribution in [0.3, 0.4) is 0 Å². The van der Waals surface area contributed by atoms with E-state index in [-0.39, 0.29) is 18.1 Å². The molecule has 0 bridgehead atoms. The maximum atomic E-state index is 11.6. The van der Waals surface area contributed by atoms with Crippen LogP contribution in [0.2, 0.25) is 5.02 Å². The summed E-state index contributed by atoms with van der Waals surface area (Å²) in [7, 11) is 1.53. The number of esters is 1. The Hall–Kier alpha value is -1.59. The molecular formula is C12H14ClNO4. The Morgan fingerprint density at radius 3 is 2.72 bits per heavy atom. The lowest BCUT2D eigenvalue weighted by atomic mass is 10.2. The molecule has 1 amide bonds. The summed E-state index contributed by atoms with van der Waals surface area (Å²) in [6.45, 7) is 0.441. The first-order valence-corrected chi connectivity index (χ1v) is 5.70. The Morgan fingerprint density at radius 1 is 1.33 bits per heavy atom. The van der Waals surface area contributed by atoms with Gasteiger partial charge in [-0.05, 0) is 12.1 Å². The van der Waals surface area contributed by atoms with Gasteiger partial charge in [-0.25, -0.2) is 4.79 Å². The van der Waals surface area contributed by atoms with Crippen molar-refractivity contribution < 1.29 is 19.1 Å². The minimum absolute atomic E-state index is 0.240. The lowest BCUT2D eigenvalue weighted by Crippen LogP contribution is -2.31. The molecule has 6 heteroatoms. The normalized spacial score (nSPS) is 9.89. The van der Waals surface area contributed by atoms with Gasteiger partial charge >= 0.3 is 5.97 Å². The number of halogens is 1. The summed E-state index contributed by atoms with van der Waals surface area (Å²) in [5, 5.41) is 2.82. The van der Waals surface area contributed by atoms with Gasteiger partial charge in [0.2, 0.25) is 0 Å². The maximum absolute atomic E-state index is 11.6. The SMILES string of the molecule is COCCNC(=O)COC(=O)c1ccccc1Cl. The van der Waals surface area contributed by atoms with Gasteiger partial charge in [-0.2, -0.15) is 0 Å². The highest BCUT2D eigenvalue weighted by atomic mass is 35.5. The Morgan fingerprint density at radius 2 is 2.06 bits per heavy atom. The van der Waals surface area contributed by atoms with Crippen molar-refractivity contribution in [3.05, 3.63) is 34.9 Å². The molecule has 0 fully saturated rings. The van der Waals surface area contributed by atoms with Crippen LogP contribution in [0, 0.1) is 0 Å². The van der Waals surface area contributed by atoms with E-state index >= 15 is 0 Å². The molecule has 18 heavy (non-hydrogen) atoms. The number of benzene rings is 1. The number of carbonyl (C=O) groups excluding carboxylic acids is 2. The molecule has 0 aliphatic heterocycles. The fraction of sp³-hybridized carbons (Fsp3) is 0.333. The van der Waals surface area contributed by atoms with Gasteiger partial charge in [0, 0.05) is 13.7 Å². The quantitative estimate of drug-likeness (QED) is 0.625. The zero-order chi connectivity index (χ0) is 13.4. The third-order valence-corrected chi connectivity index (χ3v) is 2.39. The van der Waals surface area contributed by atoms with Gasteiger partial charge in [0.1, 0.15) is 0 Å². The minimum atomic E-state index is -0.623. The second kappa shape index (κ2) is 7.68. The second-order valence-corrected chi connectivity index (χ2v) is 3.81. The molecule has 1 N–H and O–H groups in total. The summed E-state index contributed by atoms with van der Waals surface area (Å²) in [5.74, 6) is -1.00. The average Bonchev–Trinajstić information content (AvgIpc) is 2.37. The van der Waals surface area contributed by atoms with Crippen LogP contribution >= 0.6 is 11.6 Å². The number of methoxy groups -OCH3 is 1. The average molecular weight is 272 g/mol. The maximum Gasteiger partial charge on any atom is 0.340 e. The van der Waals surface area contributed by atoms with Crippen molar-refractivity contribution in [2.75, 3.05) is 26.9 Å². The van der Waals surface area contributed by atoms with Gasteiger partial charge in [0.15, 0.2) is 6.61 Å². The van der Waals surface area contributed by atoms with Gasteiger partial charge in [-0.3, -0.25) is 4.79 Å². The molecular weight excluding hydrogens is 258 g/mol. The van der Waals surface area contributed by atoms with Gasteiger partial charge in [0.05, 0.1) is 17.2 Å². The molecule has 0 heterocycles. The summed E-state index contributed by atoms with van der Waals surface area (Å²) >= 11 is 5.82. The number of amides is 1. The molecule has 0 spiro atoms. The Labute approximate surface area is 110 Å². The van der Waals surface area contributed by atoms with E-state index < -0.39 is 5.97 Å². The van der Waals surface area contributed by atoms with Gasteiger partial charge in [-0.15, -0.1) is 0 Å². The first kappa shape index (κ1) is 14.5. The van der Waals surface area contributed by atoms with E-state index in [1.54, 1.807) is 18.2 Å². The summed E-state index contributed by atoms with van der Waals surface area (Å²) in [4.78, 5) is 22.9. The zero-order valence-electron chi connectivity index (χ0n) is 9.94. The predicted octanol–water partition coefficient (Wildman–Crippen LogP) is 1.26. The number of carbonyl (C=O) groups is 2. The van der Waals surface area contributed by atoms with Crippen LogP contribution in [0.5, 0.6) is 0 Å². The molecule has 5 nitrogen and oxygen atoms in total. The molecule has 0 saturated heterocycles. The Bertz CT molecular complexity index is 422. The largest absolute Gasteiger partial charge is 0.452 e. The molecule has 0 aromatic heterocycles. The molecule has 0 atom stereocenters. The highest BCUT2D eigenvalue weighted by molar-refractivity contribution is 6.33. The fourth-order valence-electron chi connectivity index (χ4n) is 1.18. The van der Waals surface area contributed by atoms with E-state index in [1.807, 2.05) is 0 Å². The van der Waals surface area contributed by atoms with Crippen molar-refractivity contribution >= 4 is 23.5 Å². The molecule has 0 unspecified atom stereocenters. The highest BCUT2D eigenvalue weighted by Gasteiger charge is 2.12. The zero-order valence-corrected chi connectivity index (χ0v) is 10.7. The van der Waals surface area contributed by atoms with Crippen LogP contribution < -0.4 is 5.32 Å². The second-order valence-electron chi connectivity index (χ2n) is 3.40. The van der Waals surface area contributed by atoms with Gasteiger partial charge in [0.25, 0.3) is 5.91 Å². The first-order valence-electron chi connectivity index (χ1n) is 5.32. The summed E-state index contributed by atoms with van der Waals surface area (Å²) in [5.41, 5.74) is 0.240. The minimum Gasteiger partial charge on any atom is -0.452 e. The lowest BCUT2D eigenvalue weighted by molar-refractivity contribution is -0.124. The highest BCUT2D eigenvalue weighted by Crippen LogP contribution is 2.15. The van der Waals surface area contributed by atoms with Crippen molar-refractivity contribution in [3.63, 3.8) is 0 Å². The molecule has 1 aromatic carbocycles. The number of rotatable bonds is 6. The van der Waals surface area contributed by atoms with Crippen LogP contribution in [0.15, 0.2) is 24.3 Å². The summed E-state index contributed by atoms with van der Waals surface area (Å²) in [6.07, 6.45) is 0. The lowest BCUT2D eigenvalue weighted by Gasteiger charge is -2.06. The van der Waals surface area contributed by atoms with Crippen molar-refractivity contribution in [1.29, 1.82) is 0 Å². The third kappa shape index (κ3) is 4.73. The van der Waals surface area contributed by atoms with Crippen molar-refractivity contribution in [2.45, 2.75) is 0 Å². The van der Waals surface area contributed by atoms with Crippen LogP contribution in [0.1, 0.15) is 10.4 Å². The standard InChI is InChI=1S/C12H14ClNO4/c1-17-7-6-14-11(15)8-18-12(16)9-4-2-3-5-10(9)13/h2-5H,6-8H2,1H3,(H,14,15). The number of hydrogen-bond acceptors (Lipinski definition) is 4. The van der Waals surface area contributed by atoms with Crippen molar-refractivity contribution in [2.24, 2.45) is 0 Å². The molecule has 1 aromatic rings.